The Labute approximate surface area is 171 Å². The van der Waals surface area contributed by atoms with Crippen LogP contribution in [-0.2, 0) is 42.7 Å². The molecule has 0 fully saturated rings. The van der Waals surface area contributed by atoms with Crippen LogP contribution in [0.15, 0.2) is 22.7 Å². The first-order valence-corrected chi connectivity index (χ1v) is 9.13. The van der Waals surface area contributed by atoms with Crippen molar-refractivity contribution in [1.29, 1.82) is 0 Å². The van der Waals surface area contributed by atoms with Crippen LogP contribution in [0.25, 0.3) is 11.1 Å². The van der Waals surface area contributed by atoms with Gasteiger partial charge >= 0.3 is 0 Å². The fraction of sp³-hybridized carbons (Fsp3) is 0.250. The molecule has 2 N–H and O–H groups in total. The predicted molar refractivity (Wildman–Crippen MR) is 93.0 cm³/mol. The number of pyridine rings is 1. The van der Waals surface area contributed by atoms with Gasteiger partial charge in [-0.15, -0.1) is 11.6 Å². The Morgan fingerprint density at radius 2 is 1.96 bits per heavy atom. The van der Waals surface area contributed by atoms with E-state index in [2.05, 4.69) is 26.2 Å². The van der Waals surface area contributed by atoms with E-state index in [0.29, 0.717) is 22.5 Å². The topological polar surface area (TPSA) is 97.1 Å². The second-order valence-electron chi connectivity index (χ2n) is 5.65. The van der Waals surface area contributed by atoms with E-state index in [1.54, 1.807) is 13.0 Å². The maximum absolute atomic E-state index is 11.7. The summed E-state index contributed by atoms with van der Waals surface area (Å²) < 4.78 is 31.2. The molecule has 0 saturated heterocycles. The molecule has 0 atom stereocenters. The molecule has 0 saturated carbocycles. The van der Waals surface area contributed by atoms with Gasteiger partial charge < -0.3 is 9.84 Å². The Kier molecular flexibility index (Phi) is 5.86. The molecule has 0 aliphatic rings. The molecule has 129 valence electrons. The summed E-state index contributed by atoms with van der Waals surface area (Å²) in [7, 11) is -3.49. The second-order valence-corrected chi connectivity index (χ2v) is 7.39. The van der Waals surface area contributed by atoms with Gasteiger partial charge in [-0.05, 0) is 13.8 Å². The van der Waals surface area contributed by atoms with Crippen LogP contribution in [0.1, 0.15) is 16.8 Å². The van der Waals surface area contributed by atoms with Crippen LogP contribution in [0.2, 0.25) is 0 Å². The number of benzene rings is 1. The zero-order valence-corrected chi connectivity index (χ0v) is 18.0. The predicted octanol–water partition coefficient (Wildman–Crippen LogP) is 3.06. The Bertz CT molecular complexity index is 1030. The maximum Gasteiger partial charge on any atom is 0.231 e. The summed E-state index contributed by atoms with van der Waals surface area (Å²) in [5.41, 5.74) is 4.69. The molecule has 1 radical (unpaired) electrons. The van der Waals surface area contributed by atoms with Crippen LogP contribution in [-0.4, -0.2) is 24.8 Å². The minimum Gasteiger partial charge on any atom is -0.375 e. The summed E-state index contributed by atoms with van der Waals surface area (Å²) in [4.78, 5) is 4.39. The molecule has 0 bridgehead atoms. The molecule has 7 nitrogen and oxygen atoms in total. The van der Waals surface area contributed by atoms with Gasteiger partial charge in [-0.25, -0.2) is 13.4 Å². The molecular weight excluding hydrogens is 417 g/mol. The van der Waals surface area contributed by atoms with Gasteiger partial charge in [0.1, 0.15) is 11.2 Å². The number of aryl methyl sites for hydroxylation is 3. The largest absolute Gasteiger partial charge is 0.375 e. The van der Waals surface area contributed by atoms with E-state index in [1.807, 2.05) is 26.0 Å². The van der Waals surface area contributed by atoms with Crippen molar-refractivity contribution in [2.24, 2.45) is 0 Å². The molecule has 2 aromatic heterocycles. The van der Waals surface area contributed by atoms with Gasteiger partial charge in [0.05, 0.1) is 11.9 Å². The fourth-order valence-electron chi connectivity index (χ4n) is 2.39. The molecule has 25 heavy (non-hydrogen) atoms. The number of anilines is 3. The van der Waals surface area contributed by atoms with E-state index in [1.165, 1.54) is 0 Å². The van der Waals surface area contributed by atoms with Crippen LogP contribution in [0.4, 0.5) is 17.2 Å². The van der Waals surface area contributed by atoms with Crippen molar-refractivity contribution in [3.63, 3.8) is 0 Å². The number of nitrogens with one attached hydrogen (secondary N) is 2. The molecule has 9 heteroatoms. The van der Waals surface area contributed by atoms with Crippen molar-refractivity contribution in [3.05, 3.63) is 41.1 Å². The standard InChI is InChI=1S/C16H17N4O3S.Y/c1-9-7-5-6-8-12(9)17-13-10(2)15-14(11(3)19-23-15)18-16(13)20-24(4,21)22;/h6-8,17H,1-4H3,(H,18,20);/q-1;. The van der Waals surface area contributed by atoms with Crippen LogP contribution < -0.4 is 10.0 Å². The van der Waals surface area contributed by atoms with E-state index in [0.717, 1.165) is 23.1 Å². The summed E-state index contributed by atoms with van der Waals surface area (Å²) in [6.07, 6.45) is 1.08. The molecule has 2 heterocycles. The first-order chi connectivity index (χ1) is 11.3. The number of nitrogens with zero attached hydrogens (tertiary/aromatic N) is 2. The summed E-state index contributed by atoms with van der Waals surface area (Å²) in [5, 5.41) is 7.15. The van der Waals surface area contributed by atoms with E-state index >= 15 is 0 Å². The number of hydrogen-bond acceptors (Lipinski definition) is 6. The molecule has 1 aromatic carbocycles. The van der Waals surface area contributed by atoms with Crippen molar-refractivity contribution >= 4 is 38.3 Å². The van der Waals surface area contributed by atoms with Gasteiger partial charge in [-0.3, -0.25) is 4.72 Å². The van der Waals surface area contributed by atoms with Gasteiger partial charge in [-0.1, -0.05) is 17.8 Å². The number of rotatable bonds is 4. The monoisotopic (exact) mass is 434 g/mol. The first-order valence-electron chi connectivity index (χ1n) is 7.24. The van der Waals surface area contributed by atoms with Gasteiger partial charge in [0.25, 0.3) is 0 Å². The van der Waals surface area contributed by atoms with E-state index < -0.39 is 10.0 Å². The normalized spacial score (nSPS) is 11.2. The Morgan fingerprint density at radius 3 is 2.60 bits per heavy atom. The average molecular weight is 434 g/mol. The Hall–Kier alpha value is -1.51. The third-order valence-corrected chi connectivity index (χ3v) is 4.18. The van der Waals surface area contributed by atoms with Gasteiger partial charge in [0.2, 0.25) is 10.0 Å². The van der Waals surface area contributed by atoms with Gasteiger partial charge in [0, 0.05) is 38.3 Å². The molecule has 3 rings (SSSR count). The minimum atomic E-state index is -3.49. The Balaban J connectivity index is 0.00000225. The van der Waals surface area contributed by atoms with E-state index in [9.17, 15) is 8.42 Å². The Morgan fingerprint density at radius 1 is 1.24 bits per heavy atom. The third-order valence-electron chi connectivity index (χ3n) is 3.62. The van der Waals surface area contributed by atoms with E-state index in [4.69, 9.17) is 4.52 Å². The SMILES string of the molecule is Cc1c[c-]ccc1Nc1c(NS(C)(=O)=O)nc2c(C)noc2c1C.[Y]. The fourth-order valence-corrected chi connectivity index (χ4v) is 2.89. The summed E-state index contributed by atoms with van der Waals surface area (Å²) in [6.45, 7) is 5.52. The molecule has 0 amide bonds. The summed E-state index contributed by atoms with van der Waals surface area (Å²) in [5.74, 6) is 0.209. The van der Waals surface area contributed by atoms with Crippen LogP contribution in [0.5, 0.6) is 0 Å². The third kappa shape index (κ3) is 4.19. The van der Waals surface area contributed by atoms with Crippen LogP contribution >= 0.6 is 0 Å². The quantitative estimate of drug-likeness (QED) is 0.613. The summed E-state index contributed by atoms with van der Waals surface area (Å²) >= 11 is 0. The zero-order chi connectivity index (χ0) is 17.5. The smallest absolute Gasteiger partial charge is 0.231 e. The first kappa shape index (κ1) is 19.8. The van der Waals surface area contributed by atoms with Gasteiger partial charge in [0.15, 0.2) is 11.4 Å². The molecule has 0 aliphatic carbocycles. The minimum absolute atomic E-state index is 0. The maximum atomic E-state index is 11.7. The van der Waals surface area contributed by atoms with Crippen LogP contribution in [0.3, 0.4) is 0 Å². The van der Waals surface area contributed by atoms with Crippen molar-refractivity contribution in [1.82, 2.24) is 10.1 Å². The zero-order valence-electron chi connectivity index (χ0n) is 14.3. The number of sulfonamides is 1. The average Bonchev–Trinajstić information content (AvgIpc) is 2.85. The molecular formula is C16H17N4O3SY-. The second kappa shape index (κ2) is 7.39. The van der Waals surface area contributed by atoms with Crippen molar-refractivity contribution in [2.45, 2.75) is 20.8 Å². The number of fused-ring (bicyclic) bond motifs is 1. The van der Waals surface area contributed by atoms with Crippen molar-refractivity contribution < 1.29 is 45.7 Å². The van der Waals surface area contributed by atoms with Crippen molar-refractivity contribution in [2.75, 3.05) is 16.3 Å². The van der Waals surface area contributed by atoms with E-state index in [-0.39, 0.29) is 38.5 Å². The van der Waals surface area contributed by atoms with Crippen LogP contribution in [0, 0.1) is 26.8 Å². The van der Waals surface area contributed by atoms with Crippen molar-refractivity contribution in [3.8, 4) is 0 Å². The summed E-state index contributed by atoms with van der Waals surface area (Å²) in [6, 6.07) is 8.46. The molecule has 3 aromatic rings. The molecule has 0 unspecified atom stereocenters. The number of hydrogen-bond donors (Lipinski definition) is 2. The van der Waals surface area contributed by atoms with Gasteiger partial charge in [-0.2, -0.15) is 18.2 Å². The molecule has 0 spiro atoms. The number of aromatic nitrogens is 2. The molecule has 0 aliphatic heterocycles.